The molecular formula is C45H41N9Na3O13S. The largest absolute Gasteiger partial charge is 0.478 e. The van der Waals surface area contributed by atoms with Crippen molar-refractivity contribution in [1.82, 2.24) is 0 Å². The van der Waals surface area contributed by atoms with Crippen molar-refractivity contribution < 1.29 is 61.5 Å². The first-order valence-corrected chi connectivity index (χ1v) is 21.3. The van der Waals surface area contributed by atoms with Gasteiger partial charge in [0.25, 0.3) is 21.9 Å². The van der Waals surface area contributed by atoms with Crippen LogP contribution in [0.4, 0.5) is 44.6 Å². The Balaban J connectivity index is 0.00000576. The molecule has 2 atom stereocenters. The van der Waals surface area contributed by atoms with Crippen molar-refractivity contribution in [3.8, 4) is 11.1 Å². The van der Waals surface area contributed by atoms with E-state index < -0.39 is 79.9 Å². The normalized spacial score (nSPS) is 11.6. The molecule has 0 saturated heterocycles. The molecule has 22 nitrogen and oxygen atoms in total. The van der Waals surface area contributed by atoms with Crippen LogP contribution >= 0.6 is 0 Å². The number of azo groups is 2. The van der Waals surface area contributed by atoms with E-state index in [9.17, 15) is 57.0 Å². The molecule has 0 heterocycles. The van der Waals surface area contributed by atoms with E-state index in [-0.39, 0.29) is 123 Å². The molecule has 5 rings (SSSR count). The fourth-order valence-corrected chi connectivity index (χ4v) is 6.68. The third kappa shape index (κ3) is 17.2. The van der Waals surface area contributed by atoms with Crippen LogP contribution in [0.2, 0.25) is 0 Å². The van der Waals surface area contributed by atoms with E-state index in [1.165, 1.54) is 49.4 Å². The summed E-state index contributed by atoms with van der Waals surface area (Å²) in [5.74, 6) is -6.34. The van der Waals surface area contributed by atoms with Crippen molar-refractivity contribution in [2.45, 2.75) is 51.6 Å². The first-order chi connectivity index (χ1) is 32.0. The predicted octanol–water partition coefficient (Wildman–Crippen LogP) is 6.43. The van der Waals surface area contributed by atoms with Crippen LogP contribution in [0.15, 0.2) is 122 Å². The van der Waals surface area contributed by atoms with Gasteiger partial charge < -0.3 is 36.8 Å². The third-order valence-corrected chi connectivity index (χ3v) is 10.4. The third-order valence-electron chi connectivity index (χ3n) is 9.57. The molecule has 5 aromatic rings. The Hall–Kier alpha value is -5.83. The maximum atomic E-state index is 13.4. The van der Waals surface area contributed by atoms with Crippen molar-refractivity contribution in [2.75, 3.05) is 26.6 Å². The topological polar surface area (TPSA) is 341 Å². The Labute approximate surface area is 472 Å². The molecule has 0 aliphatic heterocycles. The first-order valence-electron chi connectivity index (χ1n) is 19.8. The fourth-order valence-electron chi connectivity index (χ4n) is 6.20. The predicted molar refractivity (Wildman–Crippen MR) is 264 cm³/mol. The number of hydrogen-bond acceptors (Lipinski definition) is 14. The van der Waals surface area contributed by atoms with Crippen molar-refractivity contribution in [2.24, 2.45) is 20.5 Å². The van der Waals surface area contributed by atoms with Crippen LogP contribution in [-0.2, 0) is 34.1 Å². The summed E-state index contributed by atoms with van der Waals surface area (Å²) in [5.41, 5.74) is 2.44. The molecule has 5 aromatic carbocycles. The number of aromatic carboxylic acids is 2. The molecule has 0 aliphatic rings. The SMILES string of the molecule is CC(=O)Nc1ccc(N=NC(C(C)=O)C(=O)Nc2ccc(-c3ccc(NC(=O)C(N=Nc4ccc(NC(=O)Nc5ccc(S(=O)(=O)O)cc5)cc4C(=O)O)C(C)=O)c(C)c3)cc2C)c(C(=O)O)c1.[Na].[Na].[Na]. The number of aryl methyl sites for hydroxylation is 2. The van der Waals surface area contributed by atoms with E-state index in [1.807, 2.05) is 0 Å². The first kappa shape index (κ1) is 61.3. The number of carboxylic acids is 2. The van der Waals surface area contributed by atoms with E-state index >= 15 is 0 Å². The molecule has 8 N–H and O–H groups in total. The number of nitrogens with zero attached hydrogens (tertiary/aromatic N) is 4. The summed E-state index contributed by atoms with van der Waals surface area (Å²) in [4.78, 5) is 99.1. The maximum Gasteiger partial charge on any atom is 0.338 e. The number of hydrogen-bond donors (Lipinski definition) is 8. The molecule has 0 saturated carbocycles. The zero-order valence-corrected chi connectivity index (χ0v) is 46.3. The zero-order chi connectivity index (χ0) is 50.0. The number of benzene rings is 5. The minimum Gasteiger partial charge on any atom is -0.478 e. The van der Waals surface area contributed by atoms with E-state index in [1.54, 1.807) is 50.2 Å². The van der Waals surface area contributed by atoms with Gasteiger partial charge in [0.05, 0.1) is 27.4 Å². The van der Waals surface area contributed by atoms with Gasteiger partial charge in [-0.2, -0.15) is 28.9 Å². The number of carbonyl (C=O) groups excluding carboxylic acids is 6. The van der Waals surface area contributed by atoms with Crippen molar-refractivity contribution >= 4 is 186 Å². The molecule has 26 heteroatoms. The van der Waals surface area contributed by atoms with Crippen LogP contribution in [-0.4, -0.2) is 171 Å². The van der Waals surface area contributed by atoms with Crippen molar-refractivity contribution in [3.05, 3.63) is 119 Å². The Morgan fingerprint density at radius 2 is 0.887 bits per heavy atom. The zero-order valence-electron chi connectivity index (χ0n) is 39.5. The van der Waals surface area contributed by atoms with Gasteiger partial charge in [0.15, 0.2) is 11.6 Å². The molecule has 5 amide bonds. The fraction of sp³-hybridized carbons (Fsp3) is 0.156. The Morgan fingerprint density at radius 3 is 1.24 bits per heavy atom. The van der Waals surface area contributed by atoms with E-state index in [0.717, 1.165) is 32.0 Å². The van der Waals surface area contributed by atoms with E-state index in [4.69, 9.17) is 4.55 Å². The molecule has 353 valence electrons. The number of ketones is 2. The second-order valence-corrected chi connectivity index (χ2v) is 16.3. The number of Topliss-reactive ketones (excluding diaryl/α,β-unsaturated/α-hetero) is 2. The summed E-state index contributed by atoms with van der Waals surface area (Å²) in [6.45, 7) is 6.90. The summed E-state index contributed by atoms with van der Waals surface area (Å²) in [7, 11) is -4.45. The quantitative estimate of drug-likeness (QED) is 0.0216. The van der Waals surface area contributed by atoms with Gasteiger partial charge in [-0.3, -0.25) is 28.5 Å². The van der Waals surface area contributed by atoms with Crippen LogP contribution < -0.4 is 26.6 Å². The molecular weight excluding hydrogens is 976 g/mol. The smallest absolute Gasteiger partial charge is 0.338 e. The molecule has 0 bridgehead atoms. The number of anilines is 5. The summed E-state index contributed by atoms with van der Waals surface area (Å²) >= 11 is 0. The molecule has 0 fully saturated rings. The van der Waals surface area contributed by atoms with Crippen LogP contribution in [0.3, 0.4) is 0 Å². The van der Waals surface area contributed by atoms with Gasteiger partial charge in [0.1, 0.15) is 0 Å². The minimum atomic E-state index is -4.45. The molecule has 0 aliphatic carbocycles. The van der Waals surface area contributed by atoms with Crippen molar-refractivity contribution in [1.29, 1.82) is 0 Å². The maximum absolute atomic E-state index is 13.4. The minimum absolute atomic E-state index is 0. The summed E-state index contributed by atoms with van der Waals surface area (Å²) in [6.07, 6.45) is 0. The summed E-state index contributed by atoms with van der Waals surface area (Å²) in [5, 5.41) is 47.5. The monoisotopic (exact) mass is 1020 g/mol. The average Bonchev–Trinajstić information content (AvgIpc) is 3.25. The van der Waals surface area contributed by atoms with Gasteiger partial charge in [0, 0.05) is 124 Å². The van der Waals surface area contributed by atoms with Crippen LogP contribution in [0.1, 0.15) is 52.6 Å². The van der Waals surface area contributed by atoms with Gasteiger partial charge in [-0.05, 0) is 135 Å². The van der Waals surface area contributed by atoms with Gasteiger partial charge >= 0.3 is 18.0 Å². The summed E-state index contributed by atoms with van der Waals surface area (Å²) < 4.78 is 31.6. The molecule has 2 unspecified atom stereocenters. The van der Waals surface area contributed by atoms with Gasteiger partial charge in [0.2, 0.25) is 18.0 Å². The average molecular weight is 1020 g/mol. The van der Waals surface area contributed by atoms with Gasteiger partial charge in [-0.15, -0.1) is 0 Å². The number of urea groups is 1. The Kier molecular flexibility index (Phi) is 23.4. The number of carbonyl (C=O) groups is 8. The standard InChI is InChI=1S/C45H41N9O13S.3Na/c1-22-18-27(6-14-35(22)49-41(58)39(24(3)55)53-51-37-16-10-30(46-26(5)57)20-33(37)43(60)61)28-7-15-36(23(2)19-28)50-42(59)40(25(4)56)54-52-38-17-11-31(21-34(38)44(62)63)48-45(64)47-29-8-12-32(13-9-29)68(65,66)67;;;/h6-21,39-40H,1-5H3,(H,46,57)(H,49,58)(H,50,59)(H,60,61)(H,62,63)(H2,47,48,64)(H,65,66,67);;;. The van der Waals surface area contributed by atoms with E-state index in [0.29, 0.717) is 33.6 Å². The van der Waals surface area contributed by atoms with Gasteiger partial charge in [-0.25, -0.2) is 14.4 Å². The number of amides is 5. The van der Waals surface area contributed by atoms with Crippen LogP contribution in [0, 0.1) is 13.8 Å². The Morgan fingerprint density at radius 1 is 0.507 bits per heavy atom. The molecule has 0 aromatic heterocycles. The Bertz CT molecular complexity index is 3080. The second kappa shape index (κ2) is 27.1. The molecule has 3 radical (unpaired) electrons. The number of rotatable bonds is 17. The number of nitrogens with one attached hydrogen (secondary N) is 5. The molecule has 0 spiro atoms. The molecule has 71 heavy (non-hydrogen) atoms. The van der Waals surface area contributed by atoms with Crippen LogP contribution in [0.25, 0.3) is 11.1 Å². The number of carboxylic acid groups (broad SMARTS) is 2. The summed E-state index contributed by atoms with van der Waals surface area (Å²) in [6, 6.07) is 17.9. The van der Waals surface area contributed by atoms with Crippen molar-refractivity contribution in [3.63, 3.8) is 0 Å². The van der Waals surface area contributed by atoms with Crippen LogP contribution in [0.5, 0.6) is 0 Å². The second-order valence-electron chi connectivity index (χ2n) is 14.8. The van der Waals surface area contributed by atoms with Gasteiger partial charge in [-0.1, -0.05) is 12.1 Å². The van der Waals surface area contributed by atoms with E-state index in [2.05, 4.69) is 47.0 Å².